The number of aliphatic carboxylic acids is 1. The molecule has 0 fully saturated rings. The van der Waals surface area contributed by atoms with Gasteiger partial charge in [0.15, 0.2) is 0 Å². The van der Waals surface area contributed by atoms with Crippen molar-refractivity contribution in [2.75, 3.05) is 27.4 Å². The molecule has 1 N–H and O–H groups in total. The zero-order valence-corrected chi connectivity index (χ0v) is 15.3. The van der Waals surface area contributed by atoms with Gasteiger partial charge in [0.1, 0.15) is 18.1 Å². The third kappa shape index (κ3) is 4.96. The van der Waals surface area contributed by atoms with Crippen LogP contribution in [0.5, 0.6) is 11.5 Å². The van der Waals surface area contributed by atoms with Gasteiger partial charge < -0.3 is 19.3 Å². The lowest BCUT2D eigenvalue weighted by atomic mass is 10.1. The normalized spacial score (nSPS) is 11.2. The molecule has 140 valence electrons. The van der Waals surface area contributed by atoms with Crippen molar-refractivity contribution < 1.29 is 32.5 Å². The van der Waals surface area contributed by atoms with Gasteiger partial charge in [0.25, 0.3) is 0 Å². The molecule has 0 bridgehead atoms. The van der Waals surface area contributed by atoms with Crippen LogP contribution in [-0.2, 0) is 25.8 Å². The van der Waals surface area contributed by atoms with Crippen molar-refractivity contribution in [3.8, 4) is 11.5 Å². The summed E-state index contributed by atoms with van der Waals surface area (Å²) in [6.45, 7) is 0.540. The quantitative estimate of drug-likeness (QED) is 0.666. The number of benzene rings is 2. The van der Waals surface area contributed by atoms with E-state index in [4.69, 9.17) is 19.3 Å². The predicted molar refractivity (Wildman–Crippen MR) is 93.6 cm³/mol. The summed E-state index contributed by atoms with van der Waals surface area (Å²) in [7, 11) is -0.829. The molecule has 2 rings (SSSR count). The number of hydrogen-bond acceptors (Lipinski definition) is 6. The van der Waals surface area contributed by atoms with Crippen molar-refractivity contribution in [3.63, 3.8) is 0 Å². The highest BCUT2D eigenvalue weighted by atomic mass is 32.2. The number of carboxylic acids is 1. The Bertz CT molecular complexity index is 858. The monoisotopic (exact) mass is 380 g/mol. The SMILES string of the molecule is COCCOc1cc(CC(=O)O)cc(S(=O)(=O)c2ccc(OC)cc2)c1. The van der Waals surface area contributed by atoms with E-state index in [1.165, 1.54) is 44.6 Å². The molecule has 0 atom stereocenters. The fraction of sp³-hybridized carbons (Fsp3) is 0.278. The molecule has 26 heavy (non-hydrogen) atoms. The Balaban J connectivity index is 2.43. The fourth-order valence-electron chi connectivity index (χ4n) is 2.28. The lowest BCUT2D eigenvalue weighted by Crippen LogP contribution is -2.08. The van der Waals surface area contributed by atoms with Crippen LogP contribution in [0.4, 0.5) is 0 Å². The van der Waals surface area contributed by atoms with Crippen LogP contribution in [0.1, 0.15) is 5.56 Å². The molecule has 7 nitrogen and oxygen atoms in total. The first-order valence-electron chi connectivity index (χ1n) is 7.73. The number of carbonyl (C=O) groups is 1. The summed E-state index contributed by atoms with van der Waals surface area (Å²) in [6, 6.07) is 10.2. The second kappa shape index (κ2) is 8.68. The van der Waals surface area contributed by atoms with Gasteiger partial charge in [-0.25, -0.2) is 8.42 Å². The van der Waals surface area contributed by atoms with Crippen molar-refractivity contribution in [2.24, 2.45) is 0 Å². The number of carboxylic acid groups (broad SMARTS) is 1. The van der Waals surface area contributed by atoms with E-state index in [0.717, 1.165) is 0 Å². The number of rotatable bonds is 9. The van der Waals surface area contributed by atoms with E-state index >= 15 is 0 Å². The first-order chi connectivity index (χ1) is 12.4. The first kappa shape index (κ1) is 19.7. The zero-order chi connectivity index (χ0) is 19.2. The molecule has 0 saturated carbocycles. The van der Waals surface area contributed by atoms with Gasteiger partial charge in [-0.1, -0.05) is 0 Å². The van der Waals surface area contributed by atoms with Gasteiger partial charge in [-0.3, -0.25) is 4.79 Å². The van der Waals surface area contributed by atoms with E-state index in [1.807, 2.05) is 0 Å². The summed E-state index contributed by atoms with van der Waals surface area (Å²) in [5.41, 5.74) is 0.333. The average Bonchev–Trinajstić information content (AvgIpc) is 2.61. The third-order valence-corrected chi connectivity index (χ3v) is 5.28. The topological polar surface area (TPSA) is 99.1 Å². The smallest absolute Gasteiger partial charge is 0.307 e. The first-order valence-corrected chi connectivity index (χ1v) is 9.22. The molecule has 0 heterocycles. The van der Waals surface area contributed by atoms with Gasteiger partial charge in [-0.15, -0.1) is 0 Å². The second-order valence-electron chi connectivity index (χ2n) is 5.40. The van der Waals surface area contributed by atoms with E-state index in [9.17, 15) is 13.2 Å². The van der Waals surface area contributed by atoms with Gasteiger partial charge in [-0.2, -0.15) is 0 Å². The molecule has 0 aliphatic rings. The molecule has 0 amide bonds. The van der Waals surface area contributed by atoms with Gasteiger partial charge >= 0.3 is 5.97 Å². The largest absolute Gasteiger partial charge is 0.497 e. The Hall–Kier alpha value is -2.58. The molecule has 2 aromatic carbocycles. The third-order valence-electron chi connectivity index (χ3n) is 3.53. The standard InChI is InChI=1S/C18H20O7S/c1-23-7-8-25-15-9-13(11-18(19)20)10-17(12-15)26(21,22)16-5-3-14(24-2)4-6-16/h3-6,9-10,12H,7-8,11H2,1-2H3,(H,19,20). The summed E-state index contributed by atoms with van der Waals surface area (Å²) in [4.78, 5) is 11.1. The number of methoxy groups -OCH3 is 2. The molecule has 0 aliphatic heterocycles. The van der Waals surface area contributed by atoms with Crippen molar-refractivity contribution >= 4 is 15.8 Å². The van der Waals surface area contributed by atoms with Crippen molar-refractivity contribution in [2.45, 2.75) is 16.2 Å². The molecular weight excluding hydrogens is 360 g/mol. The fourth-order valence-corrected chi connectivity index (χ4v) is 3.62. The van der Waals surface area contributed by atoms with Crippen LogP contribution in [0.2, 0.25) is 0 Å². The van der Waals surface area contributed by atoms with Crippen molar-refractivity contribution in [1.29, 1.82) is 0 Å². The highest BCUT2D eigenvalue weighted by Crippen LogP contribution is 2.27. The number of sulfone groups is 1. The van der Waals surface area contributed by atoms with Gasteiger partial charge in [0.05, 0.1) is 29.9 Å². The summed E-state index contributed by atoms with van der Waals surface area (Å²) in [5.74, 6) is -0.258. The minimum atomic E-state index is -3.84. The molecule has 0 spiro atoms. The van der Waals surface area contributed by atoms with E-state index in [2.05, 4.69) is 0 Å². The minimum absolute atomic E-state index is 0.0335. The van der Waals surface area contributed by atoms with Crippen LogP contribution in [0.25, 0.3) is 0 Å². The maximum Gasteiger partial charge on any atom is 0.307 e. The van der Waals surface area contributed by atoms with Crippen LogP contribution >= 0.6 is 0 Å². The van der Waals surface area contributed by atoms with Crippen molar-refractivity contribution in [3.05, 3.63) is 48.0 Å². The van der Waals surface area contributed by atoms with Crippen LogP contribution in [0.15, 0.2) is 52.3 Å². The number of hydrogen-bond donors (Lipinski definition) is 1. The van der Waals surface area contributed by atoms with E-state index in [0.29, 0.717) is 17.9 Å². The predicted octanol–water partition coefficient (Wildman–Crippen LogP) is 2.18. The second-order valence-corrected chi connectivity index (χ2v) is 7.35. The van der Waals surface area contributed by atoms with Crippen LogP contribution in [0, 0.1) is 0 Å². The maximum absolute atomic E-state index is 12.9. The molecule has 0 radical (unpaired) electrons. The lowest BCUT2D eigenvalue weighted by Gasteiger charge is -2.11. The van der Waals surface area contributed by atoms with E-state index in [1.54, 1.807) is 12.1 Å². The van der Waals surface area contributed by atoms with Crippen molar-refractivity contribution in [1.82, 2.24) is 0 Å². The number of ether oxygens (including phenoxy) is 3. The average molecular weight is 380 g/mol. The maximum atomic E-state index is 12.9. The Morgan fingerprint density at radius 2 is 1.65 bits per heavy atom. The Labute approximate surface area is 152 Å². The highest BCUT2D eigenvalue weighted by molar-refractivity contribution is 7.91. The Morgan fingerprint density at radius 1 is 0.962 bits per heavy atom. The summed E-state index contributed by atoms with van der Waals surface area (Å²) >= 11 is 0. The van der Waals surface area contributed by atoms with Gasteiger partial charge in [0, 0.05) is 7.11 Å². The molecule has 8 heteroatoms. The van der Waals surface area contributed by atoms with E-state index in [-0.39, 0.29) is 28.6 Å². The van der Waals surface area contributed by atoms with E-state index < -0.39 is 15.8 Å². The van der Waals surface area contributed by atoms with Crippen LogP contribution in [0.3, 0.4) is 0 Å². The highest BCUT2D eigenvalue weighted by Gasteiger charge is 2.20. The molecule has 0 aromatic heterocycles. The van der Waals surface area contributed by atoms with Crippen LogP contribution in [-0.4, -0.2) is 46.9 Å². The Morgan fingerprint density at radius 3 is 2.23 bits per heavy atom. The summed E-state index contributed by atoms with van der Waals surface area (Å²) in [6.07, 6.45) is -0.313. The van der Waals surface area contributed by atoms with Crippen LogP contribution < -0.4 is 9.47 Å². The van der Waals surface area contributed by atoms with Gasteiger partial charge in [-0.05, 0) is 48.0 Å². The molecule has 2 aromatic rings. The zero-order valence-electron chi connectivity index (χ0n) is 14.5. The summed E-state index contributed by atoms with van der Waals surface area (Å²) < 4.78 is 41.2. The molecule has 0 aliphatic carbocycles. The molecule has 0 unspecified atom stereocenters. The van der Waals surface area contributed by atoms with Gasteiger partial charge in [0.2, 0.25) is 9.84 Å². The molecular formula is C18H20O7S. The lowest BCUT2D eigenvalue weighted by molar-refractivity contribution is -0.136. The minimum Gasteiger partial charge on any atom is -0.497 e. The summed E-state index contributed by atoms with van der Waals surface area (Å²) in [5, 5.41) is 9.02. The Kier molecular flexibility index (Phi) is 6.59. The molecule has 0 saturated heterocycles.